The van der Waals surface area contributed by atoms with Crippen molar-refractivity contribution in [3.63, 3.8) is 0 Å². The van der Waals surface area contributed by atoms with Crippen LogP contribution in [0.3, 0.4) is 0 Å². The maximum Gasteiger partial charge on any atom is 0.251 e. The Kier molecular flexibility index (Phi) is 6.78. The quantitative estimate of drug-likeness (QED) is 0.537. The van der Waals surface area contributed by atoms with Gasteiger partial charge in [0.15, 0.2) is 0 Å². The van der Waals surface area contributed by atoms with Crippen LogP contribution < -0.4 is 14.8 Å². The highest BCUT2D eigenvalue weighted by Gasteiger charge is 2.15. The molecule has 0 spiro atoms. The van der Waals surface area contributed by atoms with Crippen molar-refractivity contribution in [2.24, 2.45) is 0 Å². The molecule has 3 rings (SSSR count). The summed E-state index contributed by atoms with van der Waals surface area (Å²) < 4.78 is 32.1. The van der Waals surface area contributed by atoms with E-state index in [0.717, 1.165) is 11.3 Å². The van der Waals surface area contributed by atoms with Gasteiger partial charge < -0.3 is 10.1 Å². The number of anilines is 1. The zero-order valence-electron chi connectivity index (χ0n) is 15.7. The Labute approximate surface area is 173 Å². The minimum atomic E-state index is -3.57. The SMILES string of the molecule is COc1cccc(C(=O)NCCc2nnc(NS(=O)(=O)Cc3ccccc3)s2)c1. The van der Waals surface area contributed by atoms with Crippen molar-refractivity contribution in [1.82, 2.24) is 15.5 Å². The van der Waals surface area contributed by atoms with E-state index >= 15 is 0 Å². The van der Waals surface area contributed by atoms with Gasteiger partial charge in [-0.3, -0.25) is 9.52 Å². The molecule has 8 nitrogen and oxygen atoms in total. The van der Waals surface area contributed by atoms with Gasteiger partial charge in [0.05, 0.1) is 12.9 Å². The van der Waals surface area contributed by atoms with Crippen molar-refractivity contribution >= 4 is 32.4 Å². The third kappa shape index (κ3) is 6.26. The van der Waals surface area contributed by atoms with Crippen LogP contribution in [0.1, 0.15) is 20.9 Å². The van der Waals surface area contributed by atoms with E-state index in [4.69, 9.17) is 4.74 Å². The van der Waals surface area contributed by atoms with Gasteiger partial charge in [-0.25, -0.2) is 8.42 Å². The van der Waals surface area contributed by atoms with Crippen molar-refractivity contribution in [1.29, 1.82) is 0 Å². The van der Waals surface area contributed by atoms with Crippen LogP contribution in [0.25, 0.3) is 0 Å². The Hall–Kier alpha value is -2.98. The van der Waals surface area contributed by atoms with Gasteiger partial charge >= 0.3 is 0 Å². The maximum atomic E-state index is 12.3. The van der Waals surface area contributed by atoms with Crippen LogP contribution in [-0.4, -0.2) is 38.2 Å². The molecule has 0 bridgehead atoms. The normalized spacial score (nSPS) is 11.1. The average Bonchev–Trinajstić information content (AvgIpc) is 3.14. The van der Waals surface area contributed by atoms with Gasteiger partial charge in [0.1, 0.15) is 10.8 Å². The molecule has 0 saturated heterocycles. The number of methoxy groups -OCH3 is 1. The summed E-state index contributed by atoms with van der Waals surface area (Å²) in [6, 6.07) is 15.7. The number of carbonyl (C=O) groups excluding carboxylic acids is 1. The van der Waals surface area contributed by atoms with Crippen LogP contribution in [0.4, 0.5) is 5.13 Å². The number of hydrogen-bond donors (Lipinski definition) is 2. The third-order valence-corrected chi connectivity index (χ3v) is 6.11. The number of nitrogens with zero attached hydrogens (tertiary/aromatic N) is 2. The molecule has 2 N–H and O–H groups in total. The van der Waals surface area contributed by atoms with Crippen LogP contribution >= 0.6 is 11.3 Å². The molecule has 3 aromatic rings. The zero-order chi connectivity index (χ0) is 20.7. The van der Waals surface area contributed by atoms with Crippen LogP contribution in [0.2, 0.25) is 0 Å². The molecule has 152 valence electrons. The summed E-state index contributed by atoms with van der Waals surface area (Å²) in [5.74, 6) is 0.241. The Morgan fingerprint density at radius 2 is 1.90 bits per heavy atom. The van der Waals surface area contributed by atoms with Gasteiger partial charge in [-0.05, 0) is 23.8 Å². The number of carbonyl (C=O) groups is 1. The summed E-state index contributed by atoms with van der Waals surface area (Å²) in [7, 11) is -2.03. The first-order valence-electron chi connectivity index (χ1n) is 8.74. The number of hydrogen-bond acceptors (Lipinski definition) is 7. The fraction of sp³-hybridized carbons (Fsp3) is 0.211. The Balaban J connectivity index is 1.50. The molecule has 0 unspecified atom stereocenters. The highest BCUT2D eigenvalue weighted by molar-refractivity contribution is 7.92. The van der Waals surface area contributed by atoms with Gasteiger partial charge in [-0.1, -0.05) is 47.7 Å². The Morgan fingerprint density at radius 3 is 2.66 bits per heavy atom. The van der Waals surface area contributed by atoms with Crippen molar-refractivity contribution in [3.8, 4) is 5.75 Å². The van der Waals surface area contributed by atoms with Crippen molar-refractivity contribution < 1.29 is 17.9 Å². The maximum absolute atomic E-state index is 12.3. The second-order valence-corrected chi connectivity index (χ2v) is 8.87. The number of rotatable bonds is 9. The summed E-state index contributed by atoms with van der Waals surface area (Å²) >= 11 is 1.14. The number of benzene rings is 2. The second-order valence-electron chi connectivity index (χ2n) is 6.09. The van der Waals surface area contributed by atoms with Gasteiger partial charge in [-0.15, -0.1) is 10.2 Å². The van der Waals surface area contributed by atoms with Crippen LogP contribution in [-0.2, 0) is 22.2 Å². The van der Waals surface area contributed by atoms with Crippen LogP contribution in [0.5, 0.6) is 5.75 Å². The smallest absolute Gasteiger partial charge is 0.251 e. The molecule has 0 radical (unpaired) electrons. The van der Waals surface area contributed by atoms with Crippen molar-refractivity contribution in [2.45, 2.75) is 12.2 Å². The number of nitrogens with one attached hydrogen (secondary N) is 2. The first-order chi connectivity index (χ1) is 13.9. The van der Waals surface area contributed by atoms with Gasteiger partial charge in [0, 0.05) is 18.5 Å². The lowest BCUT2D eigenvalue weighted by Gasteiger charge is -2.05. The largest absolute Gasteiger partial charge is 0.497 e. The molecule has 10 heteroatoms. The van der Waals surface area contributed by atoms with E-state index in [2.05, 4.69) is 20.2 Å². The third-order valence-electron chi connectivity index (χ3n) is 3.87. The standard InChI is InChI=1S/C19H20N4O4S2/c1-27-16-9-5-8-15(12-16)18(24)20-11-10-17-21-22-19(28-17)23-29(25,26)13-14-6-3-2-4-7-14/h2-9,12H,10-11,13H2,1H3,(H,20,24)(H,22,23). The molecule has 29 heavy (non-hydrogen) atoms. The molecule has 1 amide bonds. The van der Waals surface area contributed by atoms with Crippen molar-refractivity contribution in [2.75, 3.05) is 18.4 Å². The van der Waals surface area contributed by atoms with E-state index in [-0.39, 0.29) is 16.8 Å². The van der Waals surface area contributed by atoms with E-state index in [1.807, 2.05) is 6.07 Å². The molecule has 0 aliphatic carbocycles. The Bertz CT molecular complexity index is 1070. The Morgan fingerprint density at radius 1 is 1.10 bits per heavy atom. The van der Waals surface area contributed by atoms with E-state index in [1.165, 1.54) is 7.11 Å². The minimum Gasteiger partial charge on any atom is -0.497 e. The molecule has 1 aromatic heterocycles. The van der Waals surface area contributed by atoms with E-state index < -0.39 is 10.0 Å². The predicted molar refractivity (Wildman–Crippen MR) is 112 cm³/mol. The van der Waals surface area contributed by atoms with E-state index in [0.29, 0.717) is 34.8 Å². The first-order valence-corrected chi connectivity index (χ1v) is 11.2. The lowest BCUT2D eigenvalue weighted by atomic mass is 10.2. The highest BCUT2D eigenvalue weighted by Crippen LogP contribution is 2.18. The lowest BCUT2D eigenvalue weighted by molar-refractivity contribution is 0.0953. The lowest BCUT2D eigenvalue weighted by Crippen LogP contribution is -2.25. The van der Waals surface area contributed by atoms with E-state index in [9.17, 15) is 13.2 Å². The molecule has 2 aromatic carbocycles. The monoisotopic (exact) mass is 432 g/mol. The summed E-state index contributed by atoms with van der Waals surface area (Å²) in [4.78, 5) is 12.2. The topological polar surface area (TPSA) is 110 Å². The molecule has 0 aliphatic rings. The van der Waals surface area contributed by atoms with Crippen molar-refractivity contribution in [3.05, 3.63) is 70.7 Å². The fourth-order valence-corrected chi connectivity index (χ4v) is 4.66. The van der Waals surface area contributed by atoms with Gasteiger partial charge in [0.2, 0.25) is 15.2 Å². The molecule has 0 saturated carbocycles. The zero-order valence-corrected chi connectivity index (χ0v) is 17.3. The highest BCUT2D eigenvalue weighted by atomic mass is 32.2. The average molecular weight is 433 g/mol. The molecule has 0 atom stereocenters. The van der Waals surface area contributed by atoms with Crippen LogP contribution in [0, 0.1) is 0 Å². The molecular weight excluding hydrogens is 412 g/mol. The van der Waals surface area contributed by atoms with Crippen LogP contribution in [0.15, 0.2) is 54.6 Å². The summed E-state index contributed by atoms with van der Waals surface area (Å²) in [5, 5.41) is 11.5. The van der Waals surface area contributed by atoms with E-state index in [1.54, 1.807) is 48.5 Å². The fourth-order valence-electron chi connectivity index (χ4n) is 2.51. The number of aromatic nitrogens is 2. The first kappa shape index (κ1) is 20.7. The second kappa shape index (κ2) is 9.48. The summed E-state index contributed by atoms with van der Waals surface area (Å²) in [6.45, 7) is 0.349. The number of amides is 1. The number of sulfonamides is 1. The molecular formula is C19H20N4O4S2. The summed E-state index contributed by atoms with van der Waals surface area (Å²) in [5.41, 5.74) is 1.18. The molecule has 0 aliphatic heterocycles. The van der Waals surface area contributed by atoms with Gasteiger partial charge in [0.25, 0.3) is 5.91 Å². The predicted octanol–water partition coefficient (Wildman–Crippen LogP) is 2.46. The minimum absolute atomic E-state index is 0.140. The summed E-state index contributed by atoms with van der Waals surface area (Å²) in [6.07, 6.45) is 0.438. The number of ether oxygens (including phenoxy) is 1. The molecule has 0 fully saturated rings. The van der Waals surface area contributed by atoms with Gasteiger partial charge in [-0.2, -0.15) is 0 Å². The molecule has 1 heterocycles.